The molecule has 0 heterocycles. The van der Waals surface area contributed by atoms with Gasteiger partial charge in [-0.2, -0.15) is 0 Å². The number of ether oxygens (including phenoxy) is 1. The average molecular weight is 458 g/mol. The maximum absolute atomic E-state index is 11.3. The summed E-state index contributed by atoms with van der Waals surface area (Å²) in [7, 11) is 0. The number of carboxylic acids is 1. The van der Waals surface area contributed by atoms with Gasteiger partial charge in [-0.3, -0.25) is 0 Å². The van der Waals surface area contributed by atoms with Crippen LogP contribution in [0.4, 0.5) is 0 Å². The minimum absolute atomic E-state index is 0.00605. The molecule has 176 valence electrons. The van der Waals surface area contributed by atoms with Gasteiger partial charge < -0.3 is 15.1 Å². The van der Waals surface area contributed by atoms with Gasteiger partial charge in [-0.25, -0.2) is 4.79 Å². The van der Waals surface area contributed by atoms with Gasteiger partial charge in [-0.1, -0.05) is 75.3 Å². The third-order valence-electron chi connectivity index (χ3n) is 6.95. The number of carbonyl (C=O) groups is 1. The third-order valence-corrected chi connectivity index (χ3v) is 6.95. The minimum atomic E-state index is -1.00. The molecule has 0 amide bonds. The van der Waals surface area contributed by atoms with Crippen LogP contribution in [0, 0.1) is 0 Å². The van der Waals surface area contributed by atoms with Gasteiger partial charge in [0.2, 0.25) is 0 Å². The SMILES string of the molecule is CC1(C)CCC(C)(C)c2cc(C(=NO)c3ccc(C(=O)O)cc3)c(OCc3ccccc3)cc21. The van der Waals surface area contributed by atoms with E-state index in [0.717, 1.165) is 18.4 Å². The number of benzene rings is 3. The summed E-state index contributed by atoms with van der Waals surface area (Å²) in [4.78, 5) is 11.3. The van der Waals surface area contributed by atoms with Crippen LogP contribution in [0.2, 0.25) is 0 Å². The Morgan fingerprint density at radius 1 is 0.882 bits per heavy atom. The van der Waals surface area contributed by atoms with Crippen LogP contribution in [0.3, 0.4) is 0 Å². The molecular weight excluding hydrogens is 426 g/mol. The number of hydrogen-bond acceptors (Lipinski definition) is 4. The topological polar surface area (TPSA) is 79.1 Å². The molecule has 0 atom stereocenters. The summed E-state index contributed by atoms with van der Waals surface area (Å²) in [6, 6.07) is 20.5. The quantitative estimate of drug-likeness (QED) is 0.250. The van der Waals surface area contributed by atoms with E-state index in [0.29, 0.717) is 29.2 Å². The summed E-state index contributed by atoms with van der Waals surface area (Å²) in [6.45, 7) is 9.38. The Bertz CT molecular complexity index is 1220. The molecule has 0 radical (unpaired) electrons. The summed E-state index contributed by atoms with van der Waals surface area (Å²) in [5.74, 6) is -0.359. The lowest BCUT2D eigenvalue weighted by Gasteiger charge is -2.42. The van der Waals surface area contributed by atoms with Gasteiger partial charge in [0.25, 0.3) is 0 Å². The maximum atomic E-state index is 11.3. The second-order valence-electron chi connectivity index (χ2n) is 10.3. The fourth-order valence-electron chi connectivity index (χ4n) is 4.67. The van der Waals surface area contributed by atoms with Crippen LogP contribution in [0.5, 0.6) is 5.75 Å². The zero-order valence-electron chi connectivity index (χ0n) is 20.1. The summed E-state index contributed by atoms with van der Waals surface area (Å²) in [5, 5.41) is 23.0. The van der Waals surface area contributed by atoms with Gasteiger partial charge in [0.15, 0.2) is 0 Å². The molecule has 5 heteroatoms. The molecule has 0 bridgehead atoms. The highest BCUT2D eigenvalue weighted by Gasteiger charge is 2.38. The molecule has 0 spiro atoms. The van der Waals surface area contributed by atoms with Crippen molar-refractivity contribution in [3.63, 3.8) is 0 Å². The van der Waals surface area contributed by atoms with Gasteiger partial charge in [-0.15, -0.1) is 0 Å². The van der Waals surface area contributed by atoms with Crippen molar-refractivity contribution in [2.24, 2.45) is 5.16 Å². The van der Waals surface area contributed by atoms with Crippen molar-refractivity contribution in [2.75, 3.05) is 0 Å². The summed E-state index contributed by atoms with van der Waals surface area (Å²) < 4.78 is 6.33. The zero-order valence-corrected chi connectivity index (χ0v) is 20.1. The standard InChI is InChI=1S/C29H31NO4/c1-28(2)14-15-29(3,4)24-17-25(34-18-19-8-6-5-7-9-19)22(16-23(24)28)26(30-33)20-10-12-21(13-11-20)27(31)32/h5-13,16-17,33H,14-15,18H2,1-4H3,(H,31,32). The van der Waals surface area contributed by atoms with Crippen LogP contribution in [0.1, 0.15) is 78.7 Å². The second-order valence-corrected chi connectivity index (χ2v) is 10.3. The molecule has 4 rings (SSSR count). The van der Waals surface area contributed by atoms with Gasteiger partial charge in [0.1, 0.15) is 18.1 Å². The largest absolute Gasteiger partial charge is 0.488 e. The molecule has 0 saturated heterocycles. The van der Waals surface area contributed by atoms with Crippen molar-refractivity contribution in [3.8, 4) is 5.75 Å². The second kappa shape index (κ2) is 8.98. The molecule has 0 aliphatic heterocycles. The lowest BCUT2D eigenvalue weighted by Crippen LogP contribution is -2.34. The van der Waals surface area contributed by atoms with E-state index in [1.54, 1.807) is 12.1 Å². The van der Waals surface area contributed by atoms with Crippen molar-refractivity contribution in [1.82, 2.24) is 0 Å². The Labute approximate surface area is 200 Å². The van der Waals surface area contributed by atoms with Crippen molar-refractivity contribution in [3.05, 3.63) is 100 Å². The number of fused-ring (bicyclic) bond motifs is 1. The molecule has 3 aromatic carbocycles. The third kappa shape index (κ3) is 4.56. The zero-order chi connectivity index (χ0) is 24.5. The normalized spacial score (nSPS) is 16.5. The highest BCUT2D eigenvalue weighted by molar-refractivity contribution is 6.14. The number of aromatic carboxylic acids is 1. The highest BCUT2D eigenvalue weighted by atomic mass is 16.5. The van der Waals surface area contributed by atoms with Gasteiger partial charge in [0, 0.05) is 11.1 Å². The van der Waals surface area contributed by atoms with E-state index in [2.05, 4.69) is 45.0 Å². The number of carboxylic acid groups (broad SMARTS) is 1. The minimum Gasteiger partial charge on any atom is -0.488 e. The molecule has 0 saturated carbocycles. The highest BCUT2D eigenvalue weighted by Crippen LogP contribution is 2.48. The molecular formula is C29H31NO4. The molecule has 0 unspecified atom stereocenters. The fraction of sp³-hybridized carbons (Fsp3) is 0.310. The van der Waals surface area contributed by atoms with Crippen LogP contribution in [-0.2, 0) is 17.4 Å². The van der Waals surface area contributed by atoms with Crippen LogP contribution >= 0.6 is 0 Å². The van der Waals surface area contributed by atoms with Crippen molar-refractivity contribution in [2.45, 2.75) is 58.0 Å². The maximum Gasteiger partial charge on any atom is 0.335 e. The Morgan fingerprint density at radius 3 is 2.00 bits per heavy atom. The molecule has 2 N–H and O–H groups in total. The predicted octanol–water partition coefficient (Wildman–Crippen LogP) is 6.54. The number of oxime groups is 1. The Hall–Kier alpha value is -3.60. The first-order chi connectivity index (χ1) is 16.1. The van der Waals surface area contributed by atoms with E-state index in [9.17, 15) is 15.1 Å². The molecule has 5 nitrogen and oxygen atoms in total. The predicted molar refractivity (Wildman–Crippen MR) is 133 cm³/mol. The molecule has 0 aromatic heterocycles. The molecule has 1 aliphatic carbocycles. The van der Waals surface area contributed by atoms with Crippen molar-refractivity contribution >= 4 is 11.7 Å². The monoisotopic (exact) mass is 457 g/mol. The van der Waals surface area contributed by atoms with E-state index in [-0.39, 0.29) is 16.4 Å². The smallest absolute Gasteiger partial charge is 0.335 e. The van der Waals surface area contributed by atoms with E-state index in [4.69, 9.17) is 4.74 Å². The number of nitrogens with zero attached hydrogens (tertiary/aromatic N) is 1. The molecule has 3 aromatic rings. The summed E-state index contributed by atoms with van der Waals surface area (Å²) in [5.41, 5.74) is 5.29. The lowest BCUT2D eigenvalue weighted by atomic mass is 9.62. The van der Waals surface area contributed by atoms with Crippen LogP contribution in [0.25, 0.3) is 0 Å². The molecule has 0 fully saturated rings. The fourth-order valence-corrected chi connectivity index (χ4v) is 4.67. The summed E-state index contributed by atoms with van der Waals surface area (Å²) in [6.07, 6.45) is 2.12. The van der Waals surface area contributed by atoms with Gasteiger partial charge in [-0.05, 0) is 64.6 Å². The first-order valence-electron chi connectivity index (χ1n) is 11.5. The van der Waals surface area contributed by atoms with E-state index in [1.807, 2.05) is 30.3 Å². The van der Waals surface area contributed by atoms with E-state index < -0.39 is 5.97 Å². The van der Waals surface area contributed by atoms with Crippen LogP contribution < -0.4 is 4.74 Å². The summed E-state index contributed by atoms with van der Waals surface area (Å²) >= 11 is 0. The lowest BCUT2D eigenvalue weighted by molar-refractivity contribution is 0.0697. The van der Waals surface area contributed by atoms with Crippen LogP contribution in [0.15, 0.2) is 71.9 Å². The first-order valence-corrected chi connectivity index (χ1v) is 11.5. The molecule has 1 aliphatic rings. The van der Waals surface area contributed by atoms with Crippen molar-refractivity contribution in [1.29, 1.82) is 0 Å². The average Bonchev–Trinajstić information content (AvgIpc) is 2.82. The van der Waals surface area contributed by atoms with E-state index >= 15 is 0 Å². The van der Waals surface area contributed by atoms with E-state index in [1.165, 1.54) is 23.3 Å². The number of hydrogen-bond donors (Lipinski definition) is 2. The Kier molecular flexibility index (Phi) is 6.22. The Morgan fingerprint density at radius 2 is 1.44 bits per heavy atom. The number of rotatable bonds is 6. The molecule has 34 heavy (non-hydrogen) atoms. The van der Waals surface area contributed by atoms with Gasteiger partial charge >= 0.3 is 5.97 Å². The van der Waals surface area contributed by atoms with Gasteiger partial charge in [0.05, 0.1) is 5.56 Å². The Balaban J connectivity index is 1.85. The first kappa shape index (κ1) is 23.6. The van der Waals surface area contributed by atoms with Crippen molar-refractivity contribution < 1.29 is 19.8 Å². The van der Waals surface area contributed by atoms with Crippen LogP contribution in [-0.4, -0.2) is 22.0 Å².